The van der Waals surface area contributed by atoms with Gasteiger partial charge in [-0.1, -0.05) is 12.1 Å². The maximum Gasteiger partial charge on any atom is 0.410 e. The van der Waals surface area contributed by atoms with Gasteiger partial charge in [-0.15, -0.1) is 0 Å². The Morgan fingerprint density at radius 1 is 1.12 bits per heavy atom. The molecule has 138 valence electrons. The van der Waals surface area contributed by atoms with Crippen molar-refractivity contribution in [3.8, 4) is 0 Å². The summed E-state index contributed by atoms with van der Waals surface area (Å²) < 4.78 is 5.46. The van der Waals surface area contributed by atoms with Crippen LogP contribution in [0, 0.1) is 0 Å². The minimum atomic E-state index is -1.11. The predicted octanol–water partition coefficient (Wildman–Crippen LogP) is 3.15. The number of carbonyl (C=O) groups is 2. The SMILES string of the molecule is CC(C)(C)OC(=O)N(CCc1ccccn1)Cc1cccc(C(=O)O)n1. The van der Waals surface area contributed by atoms with E-state index in [1.54, 1.807) is 39.1 Å². The van der Waals surface area contributed by atoms with Crippen LogP contribution >= 0.6 is 0 Å². The largest absolute Gasteiger partial charge is 0.477 e. The van der Waals surface area contributed by atoms with Crippen LogP contribution in [0.25, 0.3) is 0 Å². The van der Waals surface area contributed by atoms with E-state index in [9.17, 15) is 9.59 Å². The van der Waals surface area contributed by atoms with Gasteiger partial charge >= 0.3 is 12.1 Å². The van der Waals surface area contributed by atoms with Crippen molar-refractivity contribution < 1.29 is 19.4 Å². The van der Waals surface area contributed by atoms with Crippen molar-refractivity contribution in [3.63, 3.8) is 0 Å². The first kappa shape index (κ1) is 19.4. The van der Waals surface area contributed by atoms with Crippen LogP contribution in [-0.4, -0.2) is 44.2 Å². The number of pyridine rings is 2. The van der Waals surface area contributed by atoms with Gasteiger partial charge in [0.25, 0.3) is 0 Å². The zero-order chi connectivity index (χ0) is 19.2. The van der Waals surface area contributed by atoms with Crippen LogP contribution in [0.3, 0.4) is 0 Å². The molecule has 0 radical (unpaired) electrons. The molecule has 1 N–H and O–H groups in total. The van der Waals surface area contributed by atoms with E-state index in [0.717, 1.165) is 5.69 Å². The Kier molecular flexibility index (Phi) is 6.27. The predicted molar refractivity (Wildman–Crippen MR) is 95.8 cm³/mol. The molecule has 0 aliphatic heterocycles. The molecule has 7 heteroatoms. The van der Waals surface area contributed by atoms with Crippen LogP contribution in [0.5, 0.6) is 0 Å². The van der Waals surface area contributed by atoms with Crippen molar-refractivity contribution in [2.24, 2.45) is 0 Å². The number of hydrogen-bond donors (Lipinski definition) is 1. The number of nitrogens with zero attached hydrogens (tertiary/aromatic N) is 3. The Labute approximate surface area is 152 Å². The molecule has 0 atom stereocenters. The number of ether oxygens (including phenoxy) is 1. The van der Waals surface area contributed by atoms with Gasteiger partial charge in [0.2, 0.25) is 0 Å². The first-order valence-electron chi connectivity index (χ1n) is 8.31. The number of amides is 1. The molecule has 0 aliphatic carbocycles. The highest BCUT2D eigenvalue weighted by Gasteiger charge is 2.23. The van der Waals surface area contributed by atoms with Crippen molar-refractivity contribution in [2.75, 3.05) is 6.54 Å². The molecule has 2 aromatic rings. The summed E-state index contributed by atoms with van der Waals surface area (Å²) in [5.41, 5.74) is 0.651. The lowest BCUT2D eigenvalue weighted by atomic mass is 10.2. The Hall–Kier alpha value is -2.96. The van der Waals surface area contributed by atoms with Gasteiger partial charge in [-0.05, 0) is 45.0 Å². The fraction of sp³-hybridized carbons (Fsp3) is 0.368. The third-order valence-electron chi connectivity index (χ3n) is 3.39. The maximum atomic E-state index is 12.5. The second kappa shape index (κ2) is 8.42. The van der Waals surface area contributed by atoms with E-state index in [2.05, 4.69) is 9.97 Å². The van der Waals surface area contributed by atoms with E-state index in [4.69, 9.17) is 9.84 Å². The summed E-state index contributed by atoms with van der Waals surface area (Å²) >= 11 is 0. The number of rotatable bonds is 6. The molecule has 7 nitrogen and oxygen atoms in total. The van der Waals surface area contributed by atoms with Gasteiger partial charge < -0.3 is 14.7 Å². The van der Waals surface area contributed by atoms with Crippen molar-refractivity contribution in [2.45, 2.75) is 39.3 Å². The topological polar surface area (TPSA) is 92.6 Å². The second-order valence-electron chi connectivity index (χ2n) is 6.79. The van der Waals surface area contributed by atoms with Gasteiger partial charge in [0, 0.05) is 24.9 Å². The maximum absolute atomic E-state index is 12.5. The monoisotopic (exact) mass is 357 g/mol. The van der Waals surface area contributed by atoms with Crippen molar-refractivity contribution in [1.82, 2.24) is 14.9 Å². The number of aromatic nitrogens is 2. The Bertz CT molecular complexity index is 757. The molecule has 0 saturated carbocycles. The number of carboxylic acids is 1. The minimum Gasteiger partial charge on any atom is -0.477 e. The normalized spacial score (nSPS) is 11.0. The molecule has 0 bridgehead atoms. The standard InChI is InChI=1S/C19H23N3O4/c1-19(2,3)26-18(25)22(12-10-14-7-4-5-11-20-14)13-15-8-6-9-16(21-15)17(23)24/h4-9,11H,10,12-13H2,1-3H3,(H,23,24). The first-order chi connectivity index (χ1) is 12.2. The van der Waals surface area contributed by atoms with Gasteiger partial charge in [0.1, 0.15) is 11.3 Å². The van der Waals surface area contributed by atoms with E-state index < -0.39 is 17.7 Å². The number of carbonyl (C=O) groups excluding carboxylic acids is 1. The van der Waals surface area contributed by atoms with E-state index in [1.807, 2.05) is 18.2 Å². The summed E-state index contributed by atoms with van der Waals surface area (Å²) in [5, 5.41) is 9.08. The van der Waals surface area contributed by atoms with Gasteiger partial charge in [-0.2, -0.15) is 0 Å². The molecule has 0 aromatic carbocycles. The Morgan fingerprint density at radius 2 is 1.85 bits per heavy atom. The molecule has 0 unspecified atom stereocenters. The van der Waals surface area contributed by atoms with E-state index in [0.29, 0.717) is 18.7 Å². The fourth-order valence-electron chi connectivity index (χ4n) is 2.24. The molecule has 1 amide bonds. The van der Waals surface area contributed by atoms with E-state index in [1.165, 1.54) is 11.0 Å². The lowest BCUT2D eigenvalue weighted by molar-refractivity contribution is 0.0233. The van der Waals surface area contributed by atoms with Crippen LogP contribution in [0.15, 0.2) is 42.6 Å². The lowest BCUT2D eigenvalue weighted by Gasteiger charge is -2.27. The molecule has 2 heterocycles. The van der Waals surface area contributed by atoms with Crippen molar-refractivity contribution >= 4 is 12.1 Å². The van der Waals surface area contributed by atoms with Gasteiger partial charge in [0.05, 0.1) is 12.2 Å². The number of aromatic carboxylic acids is 1. The fourth-order valence-corrected chi connectivity index (χ4v) is 2.24. The minimum absolute atomic E-state index is 0.0589. The average molecular weight is 357 g/mol. The number of hydrogen-bond acceptors (Lipinski definition) is 5. The van der Waals surface area contributed by atoms with Gasteiger partial charge in [-0.25, -0.2) is 14.6 Å². The summed E-state index contributed by atoms with van der Waals surface area (Å²) in [5.74, 6) is -1.11. The molecule has 2 aromatic heterocycles. The van der Waals surface area contributed by atoms with Crippen LogP contribution in [0.4, 0.5) is 4.79 Å². The smallest absolute Gasteiger partial charge is 0.410 e. The molecular weight excluding hydrogens is 334 g/mol. The summed E-state index contributed by atoms with van der Waals surface area (Å²) in [6.45, 7) is 5.93. The summed E-state index contributed by atoms with van der Waals surface area (Å²) in [6.07, 6.45) is 1.78. The Morgan fingerprint density at radius 3 is 2.46 bits per heavy atom. The van der Waals surface area contributed by atoms with Crippen LogP contribution in [0.1, 0.15) is 42.6 Å². The van der Waals surface area contributed by atoms with Crippen molar-refractivity contribution in [3.05, 3.63) is 59.7 Å². The van der Waals surface area contributed by atoms with Crippen LogP contribution in [0.2, 0.25) is 0 Å². The molecule has 26 heavy (non-hydrogen) atoms. The molecule has 2 rings (SSSR count). The van der Waals surface area contributed by atoms with Crippen LogP contribution in [-0.2, 0) is 17.7 Å². The average Bonchev–Trinajstić information content (AvgIpc) is 2.58. The second-order valence-corrected chi connectivity index (χ2v) is 6.79. The molecule has 0 fully saturated rings. The zero-order valence-electron chi connectivity index (χ0n) is 15.2. The highest BCUT2D eigenvalue weighted by Crippen LogP contribution is 2.13. The highest BCUT2D eigenvalue weighted by atomic mass is 16.6. The molecule has 0 aliphatic rings. The van der Waals surface area contributed by atoms with Gasteiger partial charge in [-0.3, -0.25) is 4.98 Å². The molecule has 0 spiro atoms. The Balaban J connectivity index is 2.15. The van der Waals surface area contributed by atoms with E-state index >= 15 is 0 Å². The summed E-state index contributed by atoms with van der Waals surface area (Å²) in [4.78, 5) is 33.5. The first-order valence-corrected chi connectivity index (χ1v) is 8.31. The molecule has 0 saturated heterocycles. The molecular formula is C19H23N3O4. The van der Waals surface area contributed by atoms with E-state index in [-0.39, 0.29) is 12.2 Å². The third kappa shape index (κ3) is 6.16. The lowest BCUT2D eigenvalue weighted by Crippen LogP contribution is -2.38. The summed E-state index contributed by atoms with van der Waals surface area (Å²) in [6, 6.07) is 10.3. The zero-order valence-corrected chi connectivity index (χ0v) is 15.2. The summed E-state index contributed by atoms with van der Waals surface area (Å²) in [7, 11) is 0. The highest BCUT2D eigenvalue weighted by molar-refractivity contribution is 5.85. The number of carboxylic acid groups (broad SMARTS) is 1. The van der Waals surface area contributed by atoms with Crippen molar-refractivity contribution in [1.29, 1.82) is 0 Å². The third-order valence-corrected chi connectivity index (χ3v) is 3.39. The van der Waals surface area contributed by atoms with Crippen LogP contribution < -0.4 is 0 Å². The van der Waals surface area contributed by atoms with Gasteiger partial charge in [0.15, 0.2) is 0 Å². The quantitative estimate of drug-likeness (QED) is 0.854.